The van der Waals surface area contributed by atoms with Gasteiger partial charge < -0.3 is 10.8 Å². The highest BCUT2D eigenvalue weighted by Gasteiger charge is 2.17. The second kappa shape index (κ2) is 6.38. The Bertz CT molecular complexity index is 505. The zero-order chi connectivity index (χ0) is 13.8. The molecule has 18 heavy (non-hydrogen) atoms. The molecule has 0 bridgehead atoms. The number of aliphatic hydroxyl groups is 1. The van der Waals surface area contributed by atoms with Crippen molar-refractivity contribution in [3.63, 3.8) is 0 Å². The molecule has 0 aliphatic rings. The first-order chi connectivity index (χ1) is 8.36. The summed E-state index contributed by atoms with van der Waals surface area (Å²) < 4.78 is 26.5. The van der Waals surface area contributed by atoms with Crippen LogP contribution in [0.3, 0.4) is 0 Å². The normalized spacial score (nSPS) is 13.5. The summed E-state index contributed by atoms with van der Waals surface area (Å²) in [7, 11) is -3.60. The van der Waals surface area contributed by atoms with E-state index in [4.69, 9.17) is 22.4 Å². The quantitative estimate of drug-likeness (QED) is 0.690. The van der Waals surface area contributed by atoms with Gasteiger partial charge in [0.05, 0.1) is 15.6 Å². The highest BCUT2D eigenvalue weighted by atomic mass is 35.5. The van der Waals surface area contributed by atoms with Crippen molar-refractivity contribution in [1.29, 1.82) is 0 Å². The molecule has 0 fully saturated rings. The van der Waals surface area contributed by atoms with Crippen molar-refractivity contribution in [2.24, 2.45) is 0 Å². The van der Waals surface area contributed by atoms with E-state index in [9.17, 15) is 8.42 Å². The molecule has 1 atom stereocenters. The average molecular weight is 293 g/mol. The lowest BCUT2D eigenvalue weighted by Gasteiger charge is -2.14. The molecule has 0 saturated heterocycles. The van der Waals surface area contributed by atoms with Gasteiger partial charge in [0.25, 0.3) is 0 Å². The van der Waals surface area contributed by atoms with E-state index in [-0.39, 0.29) is 23.2 Å². The van der Waals surface area contributed by atoms with Crippen LogP contribution in [0.15, 0.2) is 23.1 Å². The molecule has 102 valence electrons. The van der Waals surface area contributed by atoms with Gasteiger partial charge >= 0.3 is 0 Å². The number of rotatable bonds is 6. The lowest BCUT2D eigenvalue weighted by Crippen LogP contribution is -2.32. The molecule has 7 heteroatoms. The van der Waals surface area contributed by atoms with E-state index in [1.54, 1.807) is 6.92 Å². The number of sulfonamides is 1. The molecule has 0 aliphatic heterocycles. The van der Waals surface area contributed by atoms with Gasteiger partial charge in [0, 0.05) is 12.6 Å². The number of nitrogens with one attached hydrogen (secondary N) is 1. The van der Waals surface area contributed by atoms with Crippen LogP contribution >= 0.6 is 11.6 Å². The minimum Gasteiger partial charge on any atom is -0.397 e. The molecular formula is C11H17ClN2O3S. The maximum absolute atomic E-state index is 12.0. The Morgan fingerprint density at radius 3 is 2.72 bits per heavy atom. The van der Waals surface area contributed by atoms with Crippen LogP contribution in [0.2, 0.25) is 5.02 Å². The van der Waals surface area contributed by atoms with E-state index in [1.807, 2.05) is 0 Å². The van der Waals surface area contributed by atoms with Gasteiger partial charge in [-0.05, 0) is 38.0 Å². The summed E-state index contributed by atoms with van der Waals surface area (Å²) in [5.41, 5.74) is 5.80. The van der Waals surface area contributed by atoms with Crippen molar-refractivity contribution >= 4 is 27.3 Å². The zero-order valence-electron chi connectivity index (χ0n) is 10.1. The Morgan fingerprint density at radius 1 is 1.50 bits per heavy atom. The van der Waals surface area contributed by atoms with Gasteiger partial charge in [-0.2, -0.15) is 0 Å². The molecule has 0 radical (unpaired) electrons. The van der Waals surface area contributed by atoms with E-state index in [1.165, 1.54) is 18.2 Å². The molecular weight excluding hydrogens is 276 g/mol. The van der Waals surface area contributed by atoms with E-state index in [0.717, 1.165) is 0 Å². The fourth-order valence-corrected chi connectivity index (χ4v) is 2.91. The molecule has 0 aliphatic carbocycles. The molecule has 0 aromatic heterocycles. The number of benzene rings is 1. The van der Waals surface area contributed by atoms with Crippen molar-refractivity contribution in [2.45, 2.75) is 30.7 Å². The Morgan fingerprint density at radius 2 is 2.17 bits per heavy atom. The fourth-order valence-electron chi connectivity index (χ4n) is 1.48. The highest BCUT2D eigenvalue weighted by Crippen LogP contribution is 2.22. The SMILES string of the molecule is CC(CCCO)NS(=O)(=O)c1ccc(Cl)c(N)c1. The van der Waals surface area contributed by atoms with Crippen LogP contribution in [0.5, 0.6) is 0 Å². The van der Waals surface area contributed by atoms with Crippen LogP contribution in [0.25, 0.3) is 0 Å². The van der Waals surface area contributed by atoms with Gasteiger partial charge in [-0.15, -0.1) is 0 Å². The van der Waals surface area contributed by atoms with Gasteiger partial charge in [0.1, 0.15) is 0 Å². The minimum absolute atomic E-state index is 0.0416. The highest BCUT2D eigenvalue weighted by molar-refractivity contribution is 7.89. The molecule has 0 amide bonds. The lowest BCUT2D eigenvalue weighted by atomic mass is 10.2. The van der Waals surface area contributed by atoms with Crippen molar-refractivity contribution in [1.82, 2.24) is 4.72 Å². The fraction of sp³-hybridized carbons (Fsp3) is 0.455. The van der Waals surface area contributed by atoms with E-state index in [0.29, 0.717) is 17.9 Å². The average Bonchev–Trinajstić information content (AvgIpc) is 2.29. The lowest BCUT2D eigenvalue weighted by molar-refractivity contribution is 0.279. The van der Waals surface area contributed by atoms with Crippen LogP contribution in [0, 0.1) is 0 Å². The Balaban J connectivity index is 2.83. The van der Waals surface area contributed by atoms with Crippen LogP contribution in [-0.2, 0) is 10.0 Å². The predicted octanol–water partition coefficient (Wildman–Crippen LogP) is 1.36. The van der Waals surface area contributed by atoms with Crippen LogP contribution < -0.4 is 10.5 Å². The largest absolute Gasteiger partial charge is 0.397 e. The van der Waals surface area contributed by atoms with Gasteiger partial charge in [-0.3, -0.25) is 0 Å². The number of hydrogen-bond donors (Lipinski definition) is 3. The topological polar surface area (TPSA) is 92.4 Å². The van der Waals surface area contributed by atoms with Crippen molar-refractivity contribution < 1.29 is 13.5 Å². The first-order valence-electron chi connectivity index (χ1n) is 5.55. The summed E-state index contributed by atoms with van der Waals surface area (Å²) in [6.45, 7) is 1.78. The zero-order valence-corrected chi connectivity index (χ0v) is 11.6. The molecule has 0 saturated carbocycles. The third-order valence-electron chi connectivity index (χ3n) is 2.43. The van der Waals surface area contributed by atoms with E-state index >= 15 is 0 Å². The number of nitrogens with two attached hydrogens (primary N) is 1. The Labute approximate surface area is 112 Å². The summed E-state index contributed by atoms with van der Waals surface area (Å²) in [6, 6.07) is 3.92. The van der Waals surface area contributed by atoms with Crippen LogP contribution in [0.4, 0.5) is 5.69 Å². The van der Waals surface area contributed by atoms with Gasteiger partial charge in [-0.25, -0.2) is 13.1 Å². The molecule has 1 unspecified atom stereocenters. The Hall–Kier alpha value is -0.820. The van der Waals surface area contributed by atoms with Crippen molar-refractivity contribution in [3.8, 4) is 0 Å². The summed E-state index contributed by atoms with van der Waals surface area (Å²) in [4.78, 5) is 0.0836. The van der Waals surface area contributed by atoms with Gasteiger partial charge in [0.2, 0.25) is 10.0 Å². The third-order valence-corrected chi connectivity index (χ3v) is 4.36. The number of anilines is 1. The molecule has 1 rings (SSSR count). The standard InChI is InChI=1S/C11H17ClN2O3S/c1-8(3-2-6-15)14-18(16,17)9-4-5-10(12)11(13)7-9/h4-5,7-8,14-15H,2-3,6,13H2,1H3. The number of aliphatic hydroxyl groups excluding tert-OH is 1. The van der Waals surface area contributed by atoms with Crippen LogP contribution in [-0.4, -0.2) is 26.2 Å². The van der Waals surface area contributed by atoms with E-state index in [2.05, 4.69) is 4.72 Å². The molecule has 5 nitrogen and oxygen atoms in total. The maximum atomic E-state index is 12.0. The molecule has 1 aromatic carbocycles. The Kier molecular flexibility index (Phi) is 5.40. The maximum Gasteiger partial charge on any atom is 0.240 e. The third kappa shape index (κ3) is 4.13. The summed E-state index contributed by atoms with van der Waals surface area (Å²) in [5, 5.41) is 9.01. The number of nitrogen functional groups attached to an aromatic ring is 1. The van der Waals surface area contributed by atoms with E-state index < -0.39 is 10.0 Å². The predicted molar refractivity (Wildman–Crippen MR) is 72.0 cm³/mol. The first-order valence-corrected chi connectivity index (χ1v) is 7.41. The number of halogens is 1. The molecule has 0 spiro atoms. The van der Waals surface area contributed by atoms with Crippen molar-refractivity contribution in [3.05, 3.63) is 23.2 Å². The first kappa shape index (κ1) is 15.2. The molecule has 4 N–H and O–H groups in total. The minimum atomic E-state index is -3.60. The molecule has 0 heterocycles. The van der Waals surface area contributed by atoms with Crippen LogP contribution in [0.1, 0.15) is 19.8 Å². The second-order valence-corrected chi connectivity index (χ2v) is 6.19. The van der Waals surface area contributed by atoms with Gasteiger partial charge in [0.15, 0.2) is 0 Å². The summed E-state index contributed by atoms with van der Waals surface area (Å²) in [5.74, 6) is 0. The summed E-state index contributed by atoms with van der Waals surface area (Å²) in [6.07, 6.45) is 1.12. The number of hydrogen-bond acceptors (Lipinski definition) is 4. The second-order valence-electron chi connectivity index (χ2n) is 4.07. The van der Waals surface area contributed by atoms with Gasteiger partial charge in [-0.1, -0.05) is 11.6 Å². The van der Waals surface area contributed by atoms with Crippen molar-refractivity contribution in [2.75, 3.05) is 12.3 Å². The summed E-state index contributed by atoms with van der Waals surface area (Å²) >= 11 is 5.74. The monoisotopic (exact) mass is 292 g/mol. The smallest absolute Gasteiger partial charge is 0.240 e. The molecule has 1 aromatic rings.